The van der Waals surface area contributed by atoms with Crippen LogP contribution < -0.4 is 0 Å². The van der Waals surface area contributed by atoms with Crippen molar-refractivity contribution in [3.63, 3.8) is 0 Å². The van der Waals surface area contributed by atoms with E-state index < -0.39 is 0 Å². The van der Waals surface area contributed by atoms with Crippen molar-refractivity contribution in [3.8, 4) is 11.6 Å². The average molecular weight is 230 g/mol. The van der Waals surface area contributed by atoms with Crippen LogP contribution in [0.15, 0.2) is 30.3 Å². The Morgan fingerprint density at radius 3 is 2.18 bits per heavy atom. The summed E-state index contributed by atoms with van der Waals surface area (Å²) in [5.41, 5.74) is 2.89. The smallest absolute Gasteiger partial charge is 0.214 e. The molecule has 3 nitrogen and oxygen atoms in total. The van der Waals surface area contributed by atoms with Gasteiger partial charge in [0.05, 0.1) is 11.4 Å². The SMILES string of the molecule is Cc1ccc(-n2nc(C(C)(C)C)cc2O)cc1. The van der Waals surface area contributed by atoms with Gasteiger partial charge >= 0.3 is 0 Å². The summed E-state index contributed by atoms with van der Waals surface area (Å²) in [5.74, 6) is 0.179. The van der Waals surface area contributed by atoms with Crippen molar-refractivity contribution in [2.75, 3.05) is 0 Å². The first-order valence-corrected chi connectivity index (χ1v) is 5.74. The number of rotatable bonds is 1. The molecule has 17 heavy (non-hydrogen) atoms. The third-order valence-corrected chi connectivity index (χ3v) is 2.74. The third-order valence-electron chi connectivity index (χ3n) is 2.74. The van der Waals surface area contributed by atoms with Crippen molar-refractivity contribution < 1.29 is 5.11 Å². The molecule has 0 amide bonds. The molecule has 0 atom stereocenters. The Morgan fingerprint density at radius 1 is 1.12 bits per heavy atom. The van der Waals surface area contributed by atoms with E-state index in [1.807, 2.05) is 31.2 Å². The summed E-state index contributed by atoms with van der Waals surface area (Å²) in [5, 5.41) is 14.4. The minimum Gasteiger partial charge on any atom is -0.493 e. The summed E-state index contributed by atoms with van der Waals surface area (Å²) in [6.07, 6.45) is 0. The normalized spacial score (nSPS) is 11.8. The summed E-state index contributed by atoms with van der Waals surface area (Å²) in [4.78, 5) is 0. The summed E-state index contributed by atoms with van der Waals surface area (Å²) >= 11 is 0. The van der Waals surface area contributed by atoms with E-state index in [2.05, 4.69) is 25.9 Å². The lowest BCUT2D eigenvalue weighted by atomic mass is 9.93. The van der Waals surface area contributed by atoms with Crippen LogP contribution in [0.2, 0.25) is 0 Å². The van der Waals surface area contributed by atoms with Crippen molar-refractivity contribution in [2.45, 2.75) is 33.1 Å². The van der Waals surface area contributed by atoms with E-state index in [9.17, 15) is 5.11 Å². The molecule has 1 aromatic carbocycles. The fourth-order valence-corrected chi connectivity index (χ4v) is 1.61. The highest BCUT2D eigenvalue weighted by Crippen LogP contribution is 2.26. The molecule has 2 aromatic rings. The van der Waals surface area contributed by atoms with Gasteiger partial charge in [-0.1, -0.05) is 38.5 Å². The molecule has 90 valence electrons. The topological polar surface area (TPSA) is 38.0 Å². The van der Waals surface area contributed by atoms with E-state index in [1.54, 1.807) is 10.7 Å². The first-order chi connectivity index (χ1) is 7.88. The van der Waals surface area contributed by atoms with Gasteiger partial charge in [0.1, 0.15) is 0 Å². The first-order valence-electron chi connectivity index (χ1n) is 5.74. The quantitative estimate of drug-likeness (QED) is 0.817. The molecule has 2 rings (SSSR count). The third kappa shape index (κ3) is 2.33. The highest BCUT2D eigenvalue weighted by Gasteiger charge is 2.20. The van der Waals surface area contributed by atoms with Gasteiger partial charge in [0, 0.05) is 11.5 Å². The van der Waals surface area contributed by atoms with Crippen molar-refractivity contribution in [1.82, 2.24) is 9.78 Å². The van der Waals surface area contributed by atoms with Crippen LogP contribution in [0.25, 0.3) is 5.69 Å². The molecular formula is C14H18N2O. The van der Waals surface area contributed by atoms with Crippen LogP contribution in [0.4, 0.5) is 0 Å². The molecule has 0 unspecified atom stereocenters. The predicted octanol–water partition coefficient (Wildman–Crippen LogP) is 3.18. The van der Waals surface area contributed by atoms with E-state index >= 15 is 0 Å². The standard InChI is InChI=1S/C14H18N2O/c1-10-5-7-11(8-6-10)16-13(17)9-12(15-16)14(2,3)4/h5-9,17H,1-4H3. The first kappa shape index (κ1) is 11.7. The molecule has 1 N–H and O–H groups in total. The molecule has 0 radical (unpaired) electrons. The maximum atomic E-state index is 9.92. The van der Waals surface area contributed by atoms with Gasteiger partial charge in [-0.2, -0.15) is 5.10 Å². The number of aromatic hydroxyl groups is 1. The van der Waals surface area contributed by atoms with Crippen LogP contribution in [0.5, 0.6) is 5.88 Å². The summed E-state index contributed by atoms with van der Waals surface area (Å²) in [7, 11) is 0. The highest BCUT2D eigenvalue weighted by atomic mass is 16.3. The second kappa shape index (κ2) is 3.91. The van der Waals surface area contributed by atoms with E-state index in [-0.39, 0.29) is 11.3 Å². The minimum atomic E-state index is -0.0621. The monoisotopic (exact) mass is 230 g/mol. The minimum absolute atomic E-state index is 0.0621. The van der Waals surface area contributed by atoms with Crippen LogP contribution in [0.1, 0.15) is 32.0 Å². The largest absolute Gasteiger partial charge is 0.493 e. The number of hydrogen-bond donors (Lipinski definition) is 1. The van der Waals surface area contributed by atoms with Gasteiger partial charge < -0.3 is 5.11 Å². The number of nitrogens with zero attached hydrogens (tertiary/aromatic N) is 2. The maximum Gasteiger partial charge on any atom is 0.214 e. The van der Waals surface area contributed by atoms with Crippen molar-refractivity contribution in [2.24, 2.45) is 0 Å². The molecule has 0 aliphatic rings. The predicted molar refractivity (Wildman–Crippen MR) is 68.7 cm³/mol. The maximum absolute atomic E-state index is 9.92. The molecule has 0 bridgehead atoms. The second-order valence-electron chi connectivity index (χ2n) is 5.39. The summed E-state index contributed by atoms with van der Waals surface area (Å²) in [6.45, 7) is 8.27. The van der Waals surface area contributed by atoms with E-state index in [4.69, 9.17) is 0 Å². The fourth-order valence-electron chi connectivity index (χ4n) is 1.61. The van der Waals surface area contributed by atoms with Gasteiger partial charge in [-0.3, -0.25) is 0 Å². The molecule has 3 heteroatoms. The van der Waals surface area contributed by atoms with Gasteiger partial charge in [0.2, 0.25) is 5.88 Å². The average Bonchev–Trinajstić information content (AvgIpc) is 2.61. The van der Waals surface area contributed by atoms with Gasteiger partial charge in [0.15, 0.2) is 0 Å². The highest BCUT2D eigenvalue weighted by molar-refractivity contribution is 5.38. The Labute approximate surface area is 102 Å². The lowest BCUT2D eigenvalue weighted by Gasteiger charge is -2.13. The Bertz CT molecular complexity index is 518. The van der Waals surface area contributed by atoms with E-state index in [0.29, 0.717) is 0 Å². The molecule has 0 aliphatic heterocycles. The van der Waals surface area contributed by atoms with Gasteiger partial charge in [-0.25, -0.2) is 4.68 Å². The molecule has 0 fully saturated rings. The zero-order chi connectivity index (χ0) is 12.6. The lowest BCUT2D eigenvalue weighted by molar-refractivity contribution is 0.433. The van der Waals surface area contributed by atoms with Crippen LogP contribution >= 0.6 is 0 Å². The van der Waals surface area contributed by atoms with Gasteiger partial charge in [-0.05, 0) is 19.1 Å². The van der Waals surface area contributed by atoms with Crippen LogP contribution in [0.3, 0.4) is 0 Å². The molecule has 0 spiro atoms. The molecule has 0 aliphatic carbocycles. The zero-order valence-electron chi connectivity index (χ0n) is 10.7. The fraction of sp³-hybridized carbons (Fsp3) is 0.357. The van der Waals surface area contributed by atoms with E-state index in [1.165, 1.54) is 5.56 Å². The number of benzene rings is 1. The number of aryl methyl sites for hydroxylation is 1. The Hall–Kier alpha value is -1.77. The van der Waals surface area contributed by atoms with Crippen molar-refractivity contribution >= 4 is 0 Å². The van der Waals surface area contributed by atoms with Crippen molar-refractivity contribution in [1.29, 1.82) is 0 Å². The molecule has 1 heterocycles. The van der Waals surface area contributed by atoms with Crippen LogP contribution in [0, 0.1) is 6.92 Å². The van der Waals surface area contributed by atoms with Crippen LogP contribution in [-0.2, 0) is 5.41 Å². The Morgan fingerprint density at radius 2 is 1.71 bits per heavy atom. The van der Waals surface area contributed by atoms with Gasteiger partial charge in [0.25, 0.3) is 0 Å². The van der Waals surface area contributed by atoms with Gasteiger partial charge in [-0.15, -0.1) is 0 Å². The lowest BCUT2D eigenvalue weighted by Crippen LogP contribution is -2.12. The zero-order valence-corrected chi connectivity index (χ0v) is 10.7. The second-order valence-corrected chi connectivity index (χ2v) is 5.39. The Kier molecular flexibility index (Phi) is 2.69. The van der Waals surface area contributed by atoms with Crippen molar-refractivity contribution in [3.05, 3.63) is 41.6 Å². The number of hydrogen-bond acceptors (Lipinski definition) is 2. The Balaban J connectivity index is 2.46. The molecule has 0 saturated heterocycles. The summed E-state index contributed by atoms with van der Waals surface area (Å²) in [6, 6.07) is 9.64. The summed E-state index contributed by atoms with van der Waals surface area (Å²) < 4.78 is 1.57. The van der Waals surface area contributed by atoms with E-state index in [0.717, 1.165) is 11.4 Å². The van der Waals surface area contributed by atoms with Crippen LogP contribution in [-0.4, -0.2) is 14.9 Å². The molecular weight excluding hydrogens is 212 g/mol. The number of aromatic nitrogens is 2. The molecule has 1 aromatic heterocycles. The molecule has 0 saturated carbocycles.